The summed E-state index contributed by atoms with van der Waals surface area (Å²) in [6.07, 6.45) is 1.50. The number of fused-ring (bicyclic) bond motifs is 1. The normalized spacial score (nSPS) is 11.1. The van der Waals surface area contributed by atoms with Crippen LogP contribution < -0.4 is 11.0 Å². The third-order valence-corrected chi connectivity index (χ3v) is 3.88. The van der Waals surface area contributed by atoms with E-state index in [0.717, 1.165) is 5.56 Å². The lowest BCUT2D eigenvalue weighted by Gasteiger charge is -2.09. The zero-order valence-corrected chi connectivity index (χ0v) is 14.2. The summed E-state index contributed by atoms with van der Waals surface area (Å²) in [5.41, 5.74) is 3.57. The van der Waals surface area contributed by atoms with Crippen molar-refractivity contribution in [2.24, 2.45) is 5.10 Å². The molecule has 0 fully saturated rings. The molecule has 1 heterocycles. The van der Waals surface area contributed by atoms with Crippen LogP contribution in [0.5, 0.6) is 0 Å². The molecule has 7 heteroatoms. The van der Waals surface area contributed by atoms with Gasteiger partial charge >= 0.3 is 0 Å². The molecule has 1 aromatic heterocycles. The van der Waals surface area contributed by atoms with E-state index in [1.54, 1.807) is 49.4 Å². The highest BCUT2D eigenvalue weighted by atomic mass is 35.5. The molecular formula is C18H15ClN4O2. The number of hydrogen-bond acceptors (Lipinski definition) is 4. The van der Waals surface area contributed by atoms with E-state index in [9.17, 15) is 9.59 Å². The molecule has 0 saturated heterocycles. The van der Waals surface area contributed by atoms with Gasteiger partial charge in [0.05, 0.1) is 17.1 Å². The number of aromatic nitrogens is 2. The second-order valence-electron chi connectivity index (χ2n) is 5.41. The molecule has 3 aromatic rings. The molecule has 0 aliphatic rings. The minimum atomic E-state index is -0.410. The molecule has 1 N–H and O–H groups in total. The molecule has 0 spiro atoms. The molecule has 0 bridgehead atoms. The first-order valence-electron chi connectivity index (χ1n) is 7.58. The second kappa shape index (κ2) is 7.27. The number of carbonyl (C=O) groups excluding carboxylic acids is 1. The smallest absolute Gasteiger partial charge is 0.261 e. The fraction of sp³-hybridized carbons (Fsp3) is 0.111. The van der Waals surface area contributed by atoms with Gasteiger partial charge in [-0.1, -0.05) is 35.9 Å². The summed E-state index contributed by atoms with van der Waals surface area (Å²) < 4.78 is 1.33. The standard InChI is InChI=1S/C18H15ClN4O2/c1-12-21-16-5-3-2-4-15(16)18(25)23(12)11-17(24)22-20-10-13-6-8-14(19)9-7-13/h2-10H,11H2,1H3,(H,22,24)/b20-10+. The summed E-state index contributed by atoms with van der Waals surface area (Å²) in [6, 6.07) is 14.1. The maximum Gasteiger partial charge on any atom is 0.261 e. The van der Waals surface area contributed by atoms with E-state index in [0.29, 0.717) is 21.7 Å². The second-order valence-corrected chi connectivity index (χ2v) is 5.85. The Labute approximate surface area is 148 Å². The fourth-order valence-corrected chi connectivity index (χ4v) is 2.50. The Kier molecular flexibility index (Phi) is 4.90. The van der Waals surface area contributed by atoms with Gasteiger partial charge in [-0.3, -0.25) is 14.2 Å². The van der Waals surface area contributed by atoms with Crippen LogP contribution in [-0.2, 0) is 11.3 Å². The number of para-hydroxylation sites is 1. The van der Waals surface area contributed by atoms with Crippen LogP contribution in [0.15, 0.2) is 58.4 Å². The highest BCUT2D eigenvalue weighted by Crippen LogP contribution is 2.08. The van der Waals surface area contributed by atoms with Gasteiger partial charge in [-0.05, 0) is 36.8 Å². The summed E-state index contributed by atoms with van der Waals surface area (Å²) in [4.78, 5) is 28.9. The van der Waals surface area contributed by atoms with Gasteiger partial charge in [0.2, 0.25) is 0 Å². The van der Waals surface area contributed by atoms with Crippen molar-refractivity contribution in [1.82, 2.24) is 15.0 Å². The highest BCUT2D eigenvalue weighted by Gasteiger charge is 2.10. The van der Waals surface area contributed by atoms with Gasteiger partial charge in [0.1, 0.15) is 12.4 Å². The molecule has 1 amide bonds. The molecule has 3 rings (SSSR count). The number of benzene rings is 2. The predicted molar refractivity (Wildman–Crippen MR) is 97.9 cm³/mol. The van der Waals surface area contributed by atoms with Gasteiger partial charge < -0.3 is 0 Å². The van der Waals surface area contributed by atoms with Crippen molar-refractivity contribution in [3.63, 3.8) is 0 Å². The maximum absolute atomic E-state index is 12.5. The van der Waals surface area contributed by atoms with Gasteiger partial charge in [0, 0.05) is 5.02 Å². The summed E-state index contributed by atoms with van der Waals surface area (Å²) in [5.74, 6) is 0.0630. The lowest BCUT2D eigenvalue weighted by molar-refractivity contribution is -0.121. The van der Waals surface area contributed by atoms with Crippen molar-refractivity contribution in [2.75, 3.05) is 0 Å². The van der Waals surface area contributed by atoms with Crippen LogP contribution in [0.25, 0.3) is 10.9 Å². The largest absolute Gasteiger partial charge is 0.287 e. The Balaban J connectivity index is 1.74. The Morgan fingerprint density at radius 1 is 1.24 bits per heavy atom. The number of rotatable bonds is 4. The number of amides is 1. The minimum Gasteiger partial charge on any atom is -0.287 e. The Hall–Kier alpha value is -2.99. The number of hydrazone groups is 1. The van der Waals surface area contributed by atoms with Crippen LogP contribution in [0.2, 0.25) is 5.02 Å². The SMILES string of the molecule is Cc1nc2ccccc2c(=O)n1CC(=O)N/N=C/c1ccc(Cl)cc1. The molecule has 0 radical (unpaired) electrons. The van der Waals surface area contributed by atoms with E-state index in [1.807, 2.05) is 6.07 Å². The van der Waals surface area contributed by atoms with Crippen molar-refractivity contribution in [2.45, 2.75) is 13.5 Å². The zero-order chi connectivity index (χ0) is 17.8. The van der Waals surface area contributed by atoms with Crippen LogP contribution in [0.3, 0.4) is 0 Å². The van der Waals surface area contributed by atoms with E-state index in [-0.39, 0.29) is 12.1 Å². The van der Waals surface area contributed by atoms with Gasteiger partial charge in [0.15, 0.2) is 0 Å². The molecule has 6 nitrogen and oxygen atoms in total. The Morgan fingerprint density at radius 3 is 2.72 bits per heavy atom. The summed E-state index contributed by atoms with van der Waals surface area (Å²) >= 11 is 5.81. The molecule has 25 heavy (non-hydrogen) atoms. The molecule has 0 aliphatic carbocycles. The first-order valence-corrected chi connectivity index (χ1v) is 7.96. The first kappa shape index (κ1) is 16.9. The van der Waals surface area contributed by atoms with Crippen molar-refractivity contribution >= 4 is 34.6 Å². The highest BCUT2D eigenvalue weighted by molar-refractivity contribution is 6.30. The Morgan fingerprint density at radius 2 is 1.96 bits per heavy atom. The number of halogens is 1. The van der Waals surface area contributed by atoms with Crippen LogP contribution >= 0.6 is 11.6 Å². The molecule has 0 atom stereocenters. The number of hydrogen-bond donors (Lipinski definition) is 1. The summed E-state index contributed by atoms with van der Waals surface area (Å²) in [6.45, 7) is 1.54. The number of carbonyl (C=O) groups is 1. The quantitative estimate of drug-likeness (QED) is 0.577. The van der Waals surface area contributed by atoms with Crippen molar-refractivity contribution in [3.8, 4) is 0 Å². The minimum absolute atomic E-state index is 0.152. The van der Waals surface area contributed by atoms with E-state index < -0.39 is 5.91 Å². The monoisotopic (exact) mass is 354 g/mol. The number of nitrogens with one attached hydrogen (secondary N) is 1. The van der Waals surface area contributed by atoms with Crippen LogP contribution in [0.1, 0.15) is 11.4 Å². The average molecular weight is 355 g/mol. The molecule has 0 aliphatic heterocycles. The van der Waals surface area contributed by atoms with Gasteiger partial charge in [-0.15, -0.1) is 0 Å². The van der Waals surface area contributed by atoms with Crippen LogP contribution in [0, 0.1) is 6.92 Å². The molecule has 126 valence electrons. The lowest BCUT2D eigenvalue weighted by Crippen LogP contribution is -2.32. The topological polar surface area (TPSA) is 76.3 Å². The van der Waals surface area contributed by atoms with Crippen molar-refractivity contribution in [1.29, 1.82) is 0 Å². The lowest BCUT2D eigenvalue weighted by atomic mass is 10.2. The van der Waals surface area contributed by atoms with E-state index in [2.05, 4.69) is 15.5 Å². The third kappa shape index (κ3) is 3.92. The third-order valence-electron chi connectivity index (χ3n) is 3.63. The van der Waals surface area contributed by atoms with E-state index in [1.165, 1.54) is 10.8 Å². The van der Waals surface area contributed by atoms with Gasteiger partial charge in [-0.25, -0.2) is 10.4 Å². The summed E-state index contributed by atoms with van der Waals surface area (Å²) in [7, 11) is 0. The summed E-state index contributed by atoms with van der Waals surface area (Å²) in [5, 5.41) is 4.99. The van der Waals surface area contributed by atoms with Crippen molar-refractivity contribution < 1.29 is 4.79 Å². The maximum atomic E-state index is 12.5. The first-order chi connectivity index (χ1) is 12.0. The fourth-order valence-electron chi connectivity index (χ4n) is 2.37. The number of nitrogens with zero attached hydrogens (tertiary/aromatic N) is 3. The van der Waals surface area contributed by atoms with Crippen LogP contribution in [-0.4, -0.2) is 21.7 Å². The number of aryl methyl sites for hydroxylation is 1. The molecule has 2 aromatic carbocycles. The predicted octanol–water partition coefficient (Wildman–Crippen LogP) is 2.51. The molecule has 0 saturated carbocycles. The van der Waals surface area contributed by atoms with Crippen molar-refractivity contribution in [3.05, 3.63) is 75.3 Å². The van der Waals surface area contributed by atoms with Gasteiger partial charge in [-0.2, -0.15) is 5.10 Å². The van der Waals surface area contributed by atoms with Crippen LogP contribution in [0.4, 0.5) is 0 Å². The van der Waals surface area contributed by atoms with E-state index in [4.69, 9.17) is 11.6 Å². The van der Waals surface area contributed by atoms with E-state index >= 15 is 0 Å². The van der Waals surface area contributed by atoms with Gasteiger partial charge in [0.25, 0.3) is 11.5 Å². The molecular weight excluding hydrogens is 340 g/mol. The Bertz CT molecular complexity index is 1010. The zero-order valence-electron chi connectivity index (χ0n) is 13.4. The molecule has 0 unspecified atom stereocenters. The average Bonchev–Trinajstić information content (AvgIpc) is 2.60.